The second kappa shape index (κ2) is 9.48. The van der Waals surface area contributed by atoms with Crippen LogP contribution in [0.15, 0.2) is 24.3 Å². The fraction of sp³-hybridized carbons (Fsp3) is 0.429. The number of ether oxygens (including phenoxy) is 1. The average molecular weight is 494 g/mol. The van der Waals surface area contributed by atoms with E-state index in [0.29, 0.717) is 23.4 Å². The monoisotopic (exact) mass is 493 g/mol. The maximum atomic E-state index is 13.1. The van der Waals surface area contributed by atoms with Gasteiger partial charge >= 0.3 is 5.69 Å². The first-order valence-corrected chi connectivity index (χ1v) is 13.2. The molecule has 12 heteroatoms. The largest absolute Gasteiger partial charge is 0.477 e. The second-order valence-corrected chi connectivity index (χ2v) is 11.4. The Kier molecular flexibility index (Phi) is 6.66. The van der Waals surface area contributed by atoms with Crippen LogP contribution in [0.3, 0.4) is 0 Å². The van der Waals surface area contributed by atoms with Gasteiger partial charge in [-0.15, -0.1) is 11.3 Å². The molecule has 1 fully saturated rings. The molecule has 0 saturated carbocycles. The number of sulfone groups is 1. The van der Waals surface area contributed by atoms with Crippen molar-refractivity contribution < 1.29 is 27.7 Å². The summed E-state index contributed by atoms with van der Waals surface area (Å²) in [6, 6.07) is 5.31. The minimum atomic E-state index is -3.15. The number of aryl methyl sites for hydroxylation is 1. The molecule has 0 spiro atoms. The molecule has 1 aliphatic carbocycles. The predicted octanol–water partition coefficient (Wildman–Crippen LogP) is 2.47. The number of carbonyl (C=O) groups is 2. The standard InChI is InChI=1S/C21H23N3O7S2/c25-18(11-31-16-7-3-2-6-15(16)24(27)28)23-21-19(14-5-1-4-8-17(14)32-21)20(26)22-13-9-10-33(29,30)12-13/h2-3,6-7,13H,1,4-5,8-12H2,(H,22,26)(H,23,25). The van der Waals surface area contributed by atoms with E-state index in [2.05, 4.69) is 10.6 Å². The first-order valence-electron chi connectivity index (χ1n) is 10.6. The number of carbonyl (C=O) groups excluding carboxylic acids is 2. The Labute approximate surface area is 194 Å². The van der Waals surface area contributed by atoms with Gasteiger partial charge in [-0.25, -0.2) is 8.42 Å². The van der Waals surface area contributed by atoms with Gasteiger partial charge in [-0.2, -0.15) is 0 Å². The van der Waals surface area contributed by atoms with E-state index in [9.17, 15) is 28.1 Å². The van der Waals surface area contributed by atoms with Crippen LogP contribution in [0.5, 0.6) is 5.75 Å². The van der Waals surface area contributed by atoms with E-state index in [0.717, 1.165) is 29.7 Å². The molecule has 2 aliphatic rings. The van der Waals surface area contributed by atoms with E-state index < -0.39 is 39.2 Å². The Balaban J connectivity index is 1.49. The van der Waals surface area contributed by atoms with Gasteiger partial charge in [0.15, 0.2) is 22.2 Å². The summed E-state index contributed by atoms with van der Waals surface area (Å²) < 4.78 is 28.8. The predicted molar refractivity (Wildman–Crippen MR) is 123 cm³/mol. The van der Waals surface area contributed by atoms with Gasteiger partial charge in [-0.1, -0.05) is 12.1 Å². The highest BCUT2D eigenvalue weighted by molar-refractivity contribution is 7.91. The van der Waals surface area contributed by atoms with Crippen LogP contribution in [-0.2, 0) is 27.5 Å². The van der Waals surface area contributed by atoms with Crippen LogP contribution in [0, 0.1) is 10.1 Å². The number of hydrogen-bond donors (Lipinski definition) is 2. The Morgan fingerprint density at radius 1 is 1.21 bits per heavy atom. The number of anilines is 1. The topological polar surface area (TPSA) is 145 Å². The van der Waals surface area contributed by atoms with Crippen molar-refractivity contribution in [3.63, 3.8) is 0 Å². The van der Waals surface area contributed by atoms with Crippen molar-refractivity contribution >= 4 is 43.7 Å². The summed E-state index contributed by atoms with van der Waals surface area (Å²) >= 11 is 1.33. The number of nitrogens with zero attached hydrogens (tertiary/aromatic N) is 1. The zero-order chi connectivity index (χ0) is 23.6. The Morgan fingerprint density at radius 3 is 2.70 bits per heavy atom. The third-order valence-corrected chi connectivity index (χ3v) is 8.61. The lowest BCUT2D eigenvalue weighted by Crippen LogP contribution is -2.36. The van der Waals surface area contributed by atoms with E-state index in [1.54, 1.807) is 6.07 Å². The smallest absolute Gasteiger partial charge is 0.310 e. The molecule has 0 bridgehead atoms. The Hall–Kier alpha value is -2.99. The molecule has 2 aromatic rings. The SMILES string of the molecule is O=C(COc1ccccc1[N+](=O)[O-])Nc1sc2c(c1C(=O)NC1CCS(=O)(=O)C1)CCCC2. The van der Waals surface area contributed by atoms with E-state index >= 15 is 0 Å². The molecule has 176 valence electrons. The summed E-state index contributed by atoms with van der Waals surface area (Å²) in [5, 5.41) is 17.0. The summed E-state index contributed by atoms with van der Waals surface area (Å²) in [6.45, 7) is -0.463. The molecule has 1 aromatic carbocycles. The third kappa shape index (κ3) is 5.33. The first-order chi connectivity index (χ1) is 15.7. The zero-order valence-corrected chi connectivity index (χ0v) is 19.3. The molecule has 1 unspecified atom stereocenters. The number of para-hydroxylation sites is 2. The lowest BCUT2D eigenvalue weighted by Gasteiger charge is -2.15. The van der Waals surface area contributed by atoms with Gasteiger partial charge in [-0.05, 0) is 43.7 Å². The number of nitro groups is 1. The first kappa shape index (κ1) is 23.2. The highest BCUT2D eigenvalue weighted by atomic mass is 32.2. The molecule has 2 amide bonds. The van der Waals surface area contributed by atoms with Crippen LogP contribution in [0.2, 0.25) is 0 Å². The van der Waals surface area contributed by atoms with Gasteiger partial charge in [0.2, 0.25) is 0 Å². The van der Waals surface area contributed by atoms with Gasteiger partial charge in [0, 0.05) is 17.0 Å². The van der Waals surface area contributed by atoms with Crippen molar-refractivity contribution in [2.24, 2.45) is 0 Å². The summed E-state index contributed by atoms with van der Waals surface area (Å²) in [5.41, 5.74) is 1.01. The summed E-state index contributed by atoms with van der Waals surface area (Å²) in [6.07, 6.45) is 3.80. The summed E-state index contributed by atoms with van der Waals surface area (Å²) in [7, 11) is -3.15. The van der Waals surface area contributed by atoms with E-state index in [4.69, 9.17) is 4.74 Å². The molecule has 0 radical (unpaired) electrons. The van der Waals surface area contributed by atoms with Gasteiger partial charge < -0.3 is 15.4 Å². The quantitative estimate of drug-likeness (QED) is 0.445. The molecule has 2 N–H and O–H groups in total. The Morgan fingerprint density at radius 2 is 1.97 bits per heavy atom. The molecular formula is C21H23N3O7S2. The van der Waals surface area contributed by atoms with Crippen LogP contribution in [0.25, 0.3) is 0 Å². The summed E-state index contributed by atoms with van der Waals surface area (Å²) in [4.78, 5) is 37.2. The fourth-order valence-corrected chi connectivity index (χ4v) is 7.07. The second-order valence-electron chi connectivity index (χ2n) is 8.05. The maximum Gasteiger partial charge on any atom is 0.310 e. The molecule has 1 aliphatic heterocycles. The van der Waals surface area contributed by atoms with E-state index in [-0.39, 0.29) is 22.9 Å². The van der Waals surface area contributed by atoms with Crippen LogP contribution in [0.4, 0.5) is 10.7 Å². The van der Waals surface area contributed by atoms with Gasteiger partial charge in [0.1, 0.15) is 5.00 Å². The molecule has 10 nitrogen and oxygen atoms in total. The lowest BCUT2D eigenvalue weighted by molar-refractivity contribution is -0.385. The molecule has 4 rings (SSSR count). The van der Waals surface area contributed by atoms with Crippen LogP contribution in [-0.4, -0.2) is 49.3 Å². The van der Waals surface area contributed by atoms with Crippen molar-refractivity contribution in [1.82, 2.24) is 5.32 Å². The van der Waals surface area contributed by atoms with Gasteiger partial charge in [-0.3, -0.25) is 19.7 Å². The number of hydrogen-bond acceptors (Lipinski definition) is 8. The van der Waals surface area contributed by atoms with E-state index in [1.807, 2.05) is 0 Å². The van der Waals surface area contributed by atoms with E-state index in [1.165, 1.54) is 29.5 Å². The fourth-order valence-electron chi connectivity index (χ4n) is 4.10. The zero-order valence-electron chi connectivity index (χ0n) is 17.7. The lowest BCUT2D eigenvalue weighted by atomic mass is 9.95. The molecular weight excluding hydrogens is 470 g/mol. The van der Waals surface area contributed by atoms with Crippen molar-refractivity contribution in [1.29, 1.82) is 0 Å². The molecule has 1 saturated heterocycles. The minimum absolute atomic E-state index is 0.0245. The molecule has 2 heterocycles. The van der Waals surface area contributed by atoms with Crippen LogP contribution in [0.1, 0.15) is 40.1 Å². The molecule has 1 atom stereocenters. The van der Waals surface area contributed by atoms with Crippen LogP contribution < -0.4 is 15.4 Å². The molecule has 1 aromatic heterocycles. The van der Waals surface area contributed by atoms with Crippen molar-refractivity contribution in [3.05, 3.63) is 50.4 Å². The number of rotatable bonds is 7. The van der Waals surface area contributed by atoms with Gasteiger partial charge in [0.05, 0.1) is 22.0 Å². The minimum Gasteiger partial charge on any atom is -0.477 e. The maximum absolute atomic E-state index is 13.1. The number of nitrogens with one attached hydrogen (secondary N) is 2. The van der Waals surface area contributed by atoms with Crippen molar-refractivity contribution in [2.75, 3.05) is 23.4 Å². The number of amides is 2. The Bertz CT molecular complexity index is 1210. The van der Waals surface area contributed by atoms with Crippen molar-refractivity contribution in [3.8, 4) is 5.75 Å². The van der Waals surface area contributed by atoms with Crippen molar-refractivity contribution in [2.45, 2.75) is 38.1 Å². The van der Waals surface area contributed by atoms with Gasteiger partial charge in [0.25, 0.3) is 11.8 Å². The number of fused-ring (bicyclic) bond motifs is 1. The summed E-state index contributed by atoms with van der Waals surface area (Å²) in [5.74, 6) is -1.01. The molecule has 33 heavy (non-hydrogen) atoms. The van der Waals surface area contributed by atoms with Crippen LogP contribution >= 0.6 is 11.3 Å². The third-order valence-electron chi connectivity index (χ3n) is 5.64. The highest BCUT2D eigenvalue weighted by Gasteiger charge is 2.32. The normalized spacial score (nSPS) is 18.8. The number of benzene rings is 1. The number of thiophene rings is 1. The average Bonchev–Trinajstić information content (AvgIpc) is 3.30. The number of nitro benzene ring substituents is 1. The highest BCUT2D eigenvalue weighted by Crippen LogP contribution is 2.38.